The number of nitrogens with one attached hydrogen (secondary N) is 2. The Kier molecular flexibility index (Phi) is 4.75. The number of imidazole rings is 1. The molecule has 130 valence electrons. The van der Waals surface area contributed by atoms with E-state index in [9.17, 15) is 14.4 Å². The van der Waals surface area contributed by atoms with Gasteiger partial charge in [-0.05, 0) is 5.56 Å². The van der Waals surface area contributed by atoms with Crippen LogP contribution in [0.3, 0.4) is 0 Å². The Hall–Kier alpha value is -2.81. The zero-order valence-corrected chi connectivity index (χ0v) is 14.6. The number of hydrogen-bond donors (Lipinski definition) is 2. The molecule has 0 radical (unpaired) electrons. The van der Waals surface area contributed by atoms with E-state index in [0.29, 0.717) is 11.7 Å². The van der Waals surface area contributed by atoms with Gasteiger partial charge in [-0.1, -0.05) is 42.1 Å². The van der Waals surface area contributed by atoms with Crippen molar-refractivity contribution in [2.24, 2.45) is 14.1 Å². The summed E-state index contributed by atoms with van der Waals surface area (Å²) in [4.78, 5) is 43.1. The number of H-pyrrole nitrogens is 1. The Labute approximate surface area is 146 Å². The summed E-state index contributed by atoms with van der Waals surface area (Å²) in [6.45, 7) is 0.454. The van der Waals surface area contributed by atoms with Gasteiger partial charge in [-0.2, -0.15) is 0 Å². The van der Waals surface area contributed by atoms with E-state index < -0.39 is 11.2 Å². The molecule has 0 saturated carbocycles. The third kappa shape index (κ3) is 3.50. The van der Waals surface area contributed by atoms with E-state index in [4.69, 9.17) is 0 Å². The molecule has 1 aromatic carbocycles. The van der Waals surface area contributed by atoms with Crippen molar-refractivity contribution in [2.45, 2.75) is 11.7 Å². The number of amides is 1. The number of carbonyl (C=O) groups is 1. The Bertz CT molecular complexity index is 1040. The predicted octanol–water partition coefficient (Wildman–Crippen LogP) is 0.369. The van der Waals surface area contributed by atoms with Gasteiger partial charge < -0.3 is 10.3 Å². The van der Waals surface area contributed by atoms with Gasteiger partial charge in [-0.3, -0.25) is 18.7 Å². The van der Waals surface area contributed by atoms with Crippen LogP contribution in [-0.2, 0) is 25.4 Å². The Morgan fingerprint density at radius 2 is 1.92 bits per heavy atom. The molecule has 0 aliphatic rings. The number of fused-ring (bicyclic) bond motifs is 1. The summed E-state index contributed by atoms with van der Waals surface area (Å²) >= 11 is 1.18. The third-order valence-electron chi connectivity index (χ3n) is 3.75. The highest BCUT2D eigenvalue weighted by Crippen LogP contribution is 2.16. The third-order valence-corrected chi connectivity index (χ3v) is 4.62. The molecule has 8 nitrogen and oxygen atoms in total. The first kappa shape index (κ1) is 17.0. The van der Waals surface area contributed by atoms with Gasteiger partial charge >= 0.3 is 5.69 Å². The summed E-state index contributed by atoms with van der Waals surface area (Å²) in [5.41, 5.74) is 0.660. The molecule has 0 aliphatic heterocycles. The van der Waals surface area contributed by atoms with Crippen molar-refractivity contribution in [1.82, 2.24) is 24.4 Å². The number of hydrogen-bond acceptors (Lipinski definition) is 5. The molecule has 0 aliphatic carbocycles. The number of nitrogens with zero attached hydrogens (tertiary/aromatic N) is 3. The topological polar surface area (TPSA) is 102 Å². The van der Waals surface area contributed by atoms with Gasteiger partial charge in [-0.25, -0.2) is 9.78 Å². The zero-order chi connectivity index (χ0) is 18.0. The van der Waals surface area contributed by atoms with E-state index >= 15 is 0 Å². The fraction of sp³-hybridized carbons (Fsp3) is 0.250. The summed E-state index contributed by atoms with van der Waals surface area (Å²) < 4.78 is 2.31. The minimum Gasteiger partial charge on any atom is -0.351 e. The maximum atomic E-state index is 12.1. The van der Waals surface area contributed by atoms with E-state index in [-0.39, 0.29) is 22.8 Å². The van der Waals surface area contributed by atoms with Crippen LogP contribution in [0.4, 0.5) is 0 Å². The molecule has 2 N–H and O–H groups in total. The Morgan fingerprint density at radius 1 is 1.20 bits per heavy atom. The van der Waals surface area contributed by atoms with Crippen LogP contribution in [0.5, 0.6) is 0 Å². The van der Waals surface area contributed by atoms with Crippen molar-refractivity contribution >= 4 is 28.8 Å². The second-order valence-corrected chi connectivity index (χ2v) is 6.46. The van der Waals surface area contributed by atoms with Gasteiger partial charge in [0, 0.05) is 20.6 Å². The number of thioether (sulfide) groups is 1. The summed E-state index contributed by atoms with van der Waals surface area (Å²) in [6.07, 6.45) is 0. The van der Waals surface area contributed by atoms with Gasteiger partial charge in [0.2, 0.25) is 5.91 Å². The van der Waals surface area contributed by atoms with E-state index in [1.807, 2.05) is 30.3 Å². The lowest BCUT2D eigenvalue weighted by Crippen LogP contribution is -2.36. The maximum absolute atomic E-state index is 12.1. The zero-order valence-electron chi connectivity index (χ0n) is 13.8. The van der Waals surface area contributed by atoms with Crippen molar-refractivity contribution in [2.75, 3.05) is 5.75 Å². The number of rotatable bonds is 5. The van der Waals surface area contributed by atoms with Crippen molar-refractivity contribution in [3.05, 3.63) is 56.7 Å². The molecule has 3 aromatic rings. The van der Waals surface area contributed by atoms with Crippen LogP contribution >= 0.6 is 11.8 Å². The van der Waals surface area contributed by atoms with Gasteiger partial charge in [0.15, 0.2) is 16.3 Å². The molecule has 2 heterocycles. The first-order valence-electron chi connectivity index (χ1n) is 7.56. The number of aryl methyl sites for hydroxylation is 1. The molecule has 0 spiro atoms. The van der Waals surface area contributed by atoms with Crippen LogP contribution in [-0.4, -0.2) is 30.8 Å². The number of benzene rings is 1. The monoisotopic (exact) mass is 359 g/mol. The molecule has 25 heavy (non-hydrogen) atoms. The van der Waals surface area contributed by atoms with E-state index in [2.05, 4.69) is 15.3 Å². The lowest BCUT2D eigenvalue weighted by Gasteiger charge is -2.04. The fourth-order valence-electron chi connectivity index (χ4n) is 2.35. The predicted molar refractivity (Wildman–Crippen MR) is 95.6 cm³/mol. The number of carbonyl (C=O) groups excluding carboxylic acids is 1. The number of aromatic amines is 1. The molecule has 2 aromatic heterocycles. The van der Waals surface area contributed by atoms with Crippen LogP contribution in [0.15, 0.2) is 45.1 Å². The molecular weight excluding hydrogens is 342 g/mol. The maximum Gasteiger partial charge on any atom is 0.332 e. The number of aromatic nitrogens is 4. The van der Waals surface area contributed by atoms with Crippen LogP contribution < -0.4 is 16.6 Å². The second kappa shape index (κ2) is 6.98. The summed E-state index contributed by atoms with van der Waals surface area (Å²) in [5, 5.41) is 3.24. The first-order valence-corrected chi connectivity index (χ1v) is 8.55. The lowest BCUT2D eigenvalue weighted by atomic mass is 10.2. The molecular formula is C16H17N5O3S. The Morgan fingerprint density at radius 3 is 2.64 bits per heavy atom. The highest BCUT2D eigenvalue weighted by atomic mass is 32.2. The van der Waals surface area contributed by atoms with Crippen LogP contribution in [0, 0.1) is 0 Å². The molecule has 0 saturated heterocycles. The molecule has 3 rings (SSSR count). The van der Waals surface area contributed by atoms with Crippen LogP contribution in [0.1, 0.15) is 5.56 Å². The first-order chi connectivity index (χ1) is 12.0. The Balaban J connectivity index is 1.68. The van der Waals surface area contributed by atoms with Crippen molar-refractivity contribution in [3.63, 3.8) is 0 Å². The van der Waals surface area contributed by atoms with Gasteiger partial charge in [-0.15, -0.1) is 0 Å². The molecule has 0 atom stereocenters. The minimum atomic E-state index is -0.443. The molecule has 9 heteroatoms. The summed E-state index contributed by atoms with van der Waals surface area (Å²) in [5.74, 6) is 0.0112. The van der Waals surface area contributed by atoms with Gasteiger partial charge in [0.1, 0.15) is 0 Å². The van der Waals surface area contributed by atoms with Crippen molar-refractivity contribution in [1.29, 1.82) is 0 Å². The SMILES string of the molecule is Cn1c(=O)c2[nH]c(SCC(=O)NCc3ccccc3)nc2n(C)c1=O. The molecule has 0 unspecified atom stereocenters. The van der Waals surface area contributed by atoms with Crippen LogP contribution in [0.25, 0.3) is 11.2 Å². The normalized spacial score (nSPS) is 11.0. The van der Waals surface area contributed by atoms with E-state index in [0.717, 1.165) is 10.1 Å². The fourth-order valence-corrected chi connectivity index (χ4v) is 3.05. The molecule has 0 fully saturated rings. The van der Waals surface area contributed by atoms with Crippen molar-refractivity contribution in [3.8, 4) is 0 Å². The molecule has 1 amide bonds. The van der Waals surface area contributed by atoms with Crippen LogP contribution in [0.2, 0.25) is 0 Å². The average molecular weight is 359 g/mol. The van der Waals surface area contributed by atoms with Gasteiger partial charge in [0.25, 0.3) is 5.56 Å². The highest BCUT2D eigenvalue weighted by molar-refractivity contribution is 7.99. The van der Waals surface area contributed by atoms with E-state index in [1.54, 1.807) is 7.05 Å². The summed E-state index contributed by atoms with van der Waals surface area (Å²) in [6, 6.07) is 9.61. The second-order valence-electron chi connectivity index (χ2n) is 5.50. The largest absolute Gasteiger partial charge is 0.351 e. The van der Waals surface area contributed by atoms with E-state index in [1.165, 1.54) is 23.4 Å². The highest BCUT2D eigenvalue weighted by Gasteiger charge is 2.14. The summed E-state index contributed by atoms with van der Waals surface area (Å²) in [7, 11) is 2.96. The smallest absolute Gasteiger partial charge is 0.332 e. The molecule has 0 bridgehead atoms. The van der Waals surface area contributed by atoms with Crippen molar-refractivity contribution < 1.29 is 4.79 Å². The standard InChI is InChI=1S/C16H17N5O3S/c1-20-13-12(14(23)21(2)16(20)24)18-15(19-13)25-9-11(22)17-8-10-6-4-3-5-7-10/h3-7H,8-9H2,1-2H3,(H,17,22)(H,18,19). The van der Waals surface area contributed by atoms with Gasteiger partial charge in [0.05, 0.1) is 5.75 Å². The quantitative estimate of drug-likeness (QED) is 0.641. The minimum absolute atomic E-state index is 0.142. The lowest BCUT2D eigenvalue weighted by molar-refractivity contribution is -0.118. The average Bonchev–Trinajstić information content (AvgIpc) is 3.06.